The van der Waals surface area contributed by atoms with Crippen molar-refractivity contribution >= 4 is 11.5 Å². The monoisotopic (exact) mass is 389 g/mol. The molecule has 0 unspecified atom stereocenters. The third kappa shape index (κ3) is 4.13. The first-order chi connectivity index (χ1) is 14.2. The van der Waals surface area contributed by atoms with Crippen LogP contribution in [0.25, 0.3) is 5.69 Å². The van der Waals surface area contributed by atoms with Gasteiger partial charge in [-0.05, 0) is 36.2 Å². The number of aryl methyl sites for hydroxylation is 2. The smallest absolute Gasteiger partial charge is 0.298 e. The Morgan fingerprint density at radius 1 is 1.10 bits per heavy atom. The maximum Gasteiger partial charge on any atom is 0.298 e. The standard InChI is InChI=1S/C20H19N7O2/c1-29-17-5-3-2-4-16(17)22-19-20(28)27(13-12-21-19)15-9-6-14(7-10-15)8-11-18-23-25-26-24-18/h2-7,9-10,12-13H,8,11H2,1H3,(H,21,22)(H,23,24,25,26). The zero-order valence-electron chi connectivity index (χ0n) is 15.7. The van der Waals surface area contributed by atoms with Crippen LogP contribution in [0.15, 0.2) is 65.7 Å². The second kappa shape index (κ2) is 8.34. The molecule has 9 nitrogen and oxygen atoms in total. The van der Waals surface area contributed by atoms with Crippen LogP contribution >= 0.6 is 0 Å². The lowest BCUT2D eigenvalue weighted by atomic mass is 10.1. The minimum Gasteiger partial charge on any atom is -0.495 e. The summed E-state index contributed by atoms with van der Waals surface area (Å²) >= 11 is 0. The van der Waals surface area contributed by atoms with Gasteiger partial charge in [0.2, 0.25) is 0 Å². The van der Waals surface area contributed by atoms with Crippen LogP contribution in [0, 0.1) is 0 Å². The number of benzene rings is 2. The van der Waals surface area contributed by atoms with Crippen LogP contribution in [0.5, 0.6) is 5.75 Å². The number of nitrogens with zero attached hydrogens (tertiary/aromatic N) is 5. The molecule has 0 saturated carbocycles. The van der Waals surface area contributed by atoms with Crippen molar-refractivity contribution in [2.75, 3.05) is 12.4 Å². The van der Waals surface area contributed by atoms with Crippen molar-refractivity contribution in [1.29, 1.82) is 0 Å². The summed E-state index contributed by atoms with van der Waals surface area (Å²) in [5, 5.41) is 17.0. The summed E-state index contributed by atoms with van der Waals surface area (Å²) in [6.07, 6.45) is 4.71. The number of rotatable bonds is 7. The number of anilines is 2. The third-order valence-corrected chi connectivity index (χ3v) is 4.44. The maximum absolute atomic E-state index is 12.9. The number of para-hydroxylation sites is 2. The quantitative estimate of drug-likeness (QED) is 0.499. The lowest BCUT2D eigenvalue weighted by Crippen LogP contribution is -2.21. The van der Waals surface area contributed by atoms with Gasteiger partial charge in [0, 0.05) is 24.5 Å². The van der Waals surface area contributed by atoms with Gasteiger partial charge < -0.3 is 10.1 Å². The molecule has 0 aliphatic heterocycles. The van der Waals surface area contributed by atoms with Crippen LogP contribution in [-0.4, -0.2) is 37.3 Å². The van der Waals surface area contributed by atoms with E-state index in [-0.39, 0.29) is 11.4 Å². The van der Waals surface area contributed by atoms with Gasteiger partial charge in [-0.25, -0.2) is 4.98 Å². The van der Waals surface area contributed by atoms with E-state index in [2.05, 4.69) is 30.9 Å². The van der Waals surface area contributed by atoms with Crippen LogP contribution in [-0.2, 0) is 12.8 Å². The number of aromatic amines is 1. The number of hydrogen-bond donors (Lipinski definition) is 2. The largest absolute Gasteiger partial charge is 0.495 e. The Morgan fingerprint density at radius 3 is 2.69 bits per heavy atom. The summed E-state index contributed by atoms with van der Waals surface area (Å²) < 4.78 is 6.87. The van der Waals surface area contributed by atoms with E-state index >= 15 is 0 Å². The SMILES string of the molecule is COc1ccccc1Nc1nccn(-c2ccc(CCc3nn[nH]n3)cc2)c1=O. The second-order valence-corrected chi connectivity index (χ2v) is 6.27. The number of H-pyrrole nitrogens is 1. The molecule has 0 aliphatic rings. The fraction of sp³-hybridized carbons (Fsp3) is 0.150. The number of ether oxygens (including phenoxy) is 1. The average molecular weight is 389 g/mol. The molecular formula is C20H19N7O2. The van der Waals surface area contributed by atoms with E-state index in [1.807, 2.05) is 48.5 Å². The van der Waals surface area contributed by atoms with E-state index in [9.17, 15) is 4.79 Å². The molecule has 146 valence electrons. The van der Waals surface area contributed by atoms with E-state index in [4.69, 9.17) is 4.74 Å². The Bertz CT molecular complexity index is 1140. The van der Waals surface area contributed by atoms with E-state index in [0.29, 0.717) is 23.7 Å². The Kier molecular flexibility index (Phi) is 5.28. The van der Waals surface area contributed by atoms with Crippen molar-refractivity contribution in [1.82, 2.24) is 30.2 Å². The van der Waals surface area contributed by atoms with Crippen LogP contribution in [0.1, 0.15) is 11.4 Å². The number of nitrogens with one attached hydrogen (secondary N) is 2. The van der Waals surface area contributed by atoms with E-state index in [0.717, 1.165) is 17.7 Å². The third-order valence-electron chi connectivity index (χ3n) is 4.44. The van der Waals surface area contributed by atoms with Gasteiger partial charge in [0.15, 0.2) is 11.6 Å². The minimum absolute atomic E-state index is 0.221. The molecule has 2 N–H and O–H groups in total. The van der Waals surface area contributed by atoms with Crippen molar-refractivity contribution in [3.63, 3.8) is 0 Å². The molecule has 0 bridgehead atoms. The number of tetrazole rings is 1. The molecule has 0 aliphatic carbocycles. The van der Waals surface area contributed by atoms with Crippen molar-refractivity contribution in [2.45, 2.75) is 12.8 Å². The number of methoxy groups -OCH3 is 1. The molecule has 29 heavy (non-hydrogen) atoms. The predicted molar refractivity (Wildman–Crippen MR) is 108 cm³/mol. The first kappa shape index (κ1) is 18.4. The van der Waals surface area contributed by atoms with Gasteiger partial charge in [-0.2, -0.15) is 5.21 Å². The molecule has 0 radical (unpaired) electrons. The summed E-state index contributed by atoms with van der Waals surface area (Å²) in [4.78, 5) is 17.1. The molecular weight excluding hydrogens is 370 g/mol. The molecule has 0 saturated heterocycles. The lowest BCUT2D eigenvalue weighted by Gasteiger charge is -2.12. The molecule has 4 rings (SSSR count). The fourth-order valence-electron chi connectivity index (χ4n) is 2.94. The molecule has 2 heterocycles. The predicted octanol–water partition coefficient (Wildman–Crippen LogP) is 2.28. The van der Waals surface area contributed by atoms with Crippen LogP contribution in [0.2, 0.25) is 0 Å². The van der Waals surface area contributed by atoms with Gasteiger partial charge in [0.25, 0.3) is 5.56 Å². The van der Waals surface area contributed by atoms with Gasteiger partial charge >= 0.3 is 0 Å². The highest BCUT2D eigenvalue weighted by Gasteiger charge is 2.10. The Labute approximate surface area is 166 Å². The van der Waals surface area contributed by atoms with Crippen molar-refractivity contribution in [3.05, 3.63) is 82.7 Å². The highest BCUT2D eigenvalue weighted by Crippen LogP contribution is 2.25. The Hall–Kier alpha value is -4.01. The average Bonchev–Trinajstić information content (AvgIpc) is 3.28. The van der Waals surface area contributed by atoms with Gasteiger partial charge in [-0.1, -0.05) is 29.5 Å². The molecule has 2 aromatic carbocycles. The van der Waals surface area contributed by atoms with Crippen LogP contribution in [0.3, 0.4) is 0 Å². The fourth-order valence-corrected chi connectivity index (χ4v) is 2.94. The molecule has 0 spiro atoms. The Morgan fingerprint density at radius 2 is 1.93 bits per heavy atom. The highest BCUT2D eigenvalue weighted by molar-refractivity contribution is 5.63. The molecule has 0 amide bonds. The Balaban J connectivity index is 1.54. The van der Waals surface area contributed by atoms with E-state index < -0.39 is 0 Å². The van der Waals surface area contributed by atoms with E-state index in [1.165, 1.54) is 0 Å². The maximum atomic E-state index is 12.9. The van der Waals surface area contributed by atoms with Gasteiger partial charge in [0.05, 0.1) is 12.8 Å². The number of aromatic nitrogens is 6. The van der Waals surface area contributed by atoms with Crippen LogP contribution in [0.4, 0.5) is 11.5 Å². The van der Waals surface area contributed by atoms with Gasteiger partial charge in [-0.15, -0.1) is 10.2 Å². The van der Waals surface area contributed by atoms with Crippen molar-refractivity contribution < 1.29 is 4.74 Å². The highest BCUT2D eigenvalue weighted by atomic mass is 16.5. The second-order valence-electron chi connectivity index (χ2n) is 6.27. The molecule has 0 atom stereocenters. The summed E-state index contributed by atoms with van der Waals surface area (Å²) in [6.45, 7) is 0. The summed E-state index contributed by atoms with van der Waals surface area (Å²) in [5.74, 6) is 1.53. The minimum atomic E-state index is -0.252. The van der Waals surface area contributed by atoms with Gasteiger partial charge in [0.1, 0.15) is 5.75 Å². The lowest BCUT2D eigenvalue weighted by molar-refractivity contribution is 0.417. The zero-order valence-corrected chi connectivity index (χ0v) is 15.7. The summed E-state index contributed by atoms with van der Waals surface area (Å²) in [6, 6.07) is 15.1. The topological polar surface area (TPSA) is 111 Å². The van der Waals surface area contributed by atoms with E-state index in [1.54, 1.807) is 24.1 Å². The first-order valence-corrected chi connectivity index (χ1v) is 9.04. The van der Waals surface area contributed by atoms with Crippen LogP contribution < -0.4 is 15.6 Å². The molecule has 2 aromatic heterocycles. The molecule has 0 fully saturated rings. The summed E-state index contributed by atoms with van der Waals surface area (Å²) in [5.41, 5.74) is 2.30. The van der Waals surface area contributed by atoms with Gasteiger partial charge in [-0.3, -0.25) is 9.36 Å². The summed E-state index contributed by atoms with van der Waals surface area (Å²) in [7, 11) is 1.58. The first-order valence-electron chi connectivity index (χ1n) is 9.04. The zero-order chi connectivity index (χ0) is 20.1. The van der Waals surface area contributed by atoms with Crippen molar-refractivity contribution in [2.24, 2.45) is 0 Å². The normalized spacial score (nSPS) is 10.7. The van der Waals surface area contributed by atoms with Crippen molar-refractivity contribution in [3.8, 4) is 11.4 Å². The number of hydrogen-bond acceptors (Lipinski definition) is 7. The molecule has 4 aromatic rings. The molecule has 9 heteroatoms.